The number of nitrogens with zero attached hydrogens (tertiary/aromatic N) is 1. The van der Waals surface area contributed by atoms with Gasteiger partial charge in [-0.15, -0.1) is 12.4 Å². The first-order valence-corrected chi connectivity index (χ1v) is 6.76. The molecule has 0 spiro atoms. The van der Waals surface area contributed by atoms with Crippen LogP contribution in [0.2, 0.25) is 0 Å². The highest BCUT2D eigenvalue weighted by Crippen LogP contribution is 2.12. The van der Waals surface area contributed by atoms with E-state index < -0.39 is 0 Å². The number of carbonyl (C=O) groups excluding carboxylic acids is 1. The highest BCUT2D eigenvalue weighted by atomic mass is 35.5. The first-order chi connectivity index (χ1) is 9.19. The van der Waals surface area contributed by atoms with Gasteiger partial charge in [-0.1, -0.05) is 32.1 Å². The third kappa shape index (κ3) is 6.73. The van der Waals surface area contributed by atoms with Gasteiger partial charge < -0.3 is 9.64 Å². The van der Waals surface area contributed by atoms with Crippen LogP contribution in [-0.2, 0) is 4.79 Å². The third-order valence-electron chi connectivity index (χ3n) is 3.15. The lowest BCUT2D eigenvalue weighted by molar-refractivity contribution is -0.114. The van der Waals surface area contributed by atoms with Crippen LogP contribution in [0.15, 0.2) is 30.3 Å². The molecule has 4 heteroatoms. The van der Waals surface area contributed by atoms with Crippen LogP contribution in [0.4, 0.5) is 0 Å². The Kier molecular flexibility index (Phi) is 9.77. The lowest BCUT2D eigenvalue weighted by Gasteiger charge is -2.16. The molecule has 0 heterocycles. The number of ether oxygens (including phenoxy) is 1. The number of hydrogen-bond donors (Lipinski definition) is 0. The van der Waals surface area contributed by atoms with Gasteiger partial charge in [0.05, 0.1) is 7.11 Å². The molecule has 0 atom stereocenters. The van der Waals surface area contributed by atoms with Crippen molar-refractivity contribution in [1.82, 2.24) is 4.90 Å². The number of halogens is 1. The molecule has 0 saturated heterocycles. The number of allylic oxidation sites excluding steroid dienone is 1. The predicted octanol–water partition coefficient (Wildman–Crippen LogP) is 3.43. The maximum Gasteiger partial charge on any atom is 0.156 e. The molecule has 20 heavy (non-hydrogen) atoms. The quantitative estimate of drug-likeness (QED) is 0.689. The van der Waals surface area contributed by atoms with Crippen molar-refractivity contribution >= 4 is 24.3 Å². The zero-order chi connectivity index (χ0) is 14.1. The van der Waals surface area contributed by atoms with Crippen molar-refractivity contribution in [1.29, 1.82) is 0 Å². The molecule has 0 bridgehead atoms. The number of rotatable bonds is 8. The van der Waals surface area contributed by atoms with Gasteiger partial charge in [0.25, 0.3) is 0 Å². The summed E-state index contributed by atoms with van der Waals surface area (Å²) in [5.74, 6) is 0.993. The van der Waals surface area contributed by atoms with Crippen LogP contribution < -0.4 is 4.74 Å². The van der Waals surface area contributed by atoms with Gasteiger partial charge in [-0.2, -0.15) is 0 Å². The molecule has 0 aliphatic rings. The average molecular weight is 298 g/mol. The molecular weight excluding hydrogens is 274 g/mol. The van der Waals surface area contributed by atoms with E-state index in [9.17, 15) is 4.79 Å². The molecule has 0 aliphatic heterocycles. The average Bonchev–Trinajstić information content (AvgIpc) is 2.46. The van der Waals surface area contributed by atoms with Crippen molar-refractivity contribution in [3.8, 4) is 5.75 Å². The summed E-state index contributed by atoms with van der Waals surface area (Å²) in [5, 5.41) is 0. The molecule has 0 saturated carbocycles. The number of methoxy groups -OCH3 is 1. The molecule has 0 N–H and O–H groups in total. The predicted molar refractivity (Wildman–Crippen MR) is 86.7 cm³/mol. The molecule has 3 nitrogen and oxygen atoms in total. The van der Waals surface area contributed by atoms with Crippen LogP contribution in [0.1, 0.15) is 25.8 Å². The van der Waals surface area contributed by atoms with Crippen LogP contribution in [0.25, 0.3) is 6.08 Å². The Hall–Kier alpha value is -1.32. The van der Waals surface area contributed by atoms with Gasteiger partial charge in [0.1, 0.15) is 5.75 Å². The zero-order valence-electron chi connectivity index (χ0n) is 12.5. The normalized spacial score (nSPS) is 10.6. The highest BCUT2D eigenvalue weighted by Gasteiger charge is 2.02. The maximum absolute atomic E-state index is 11.7. The molecule has 112 valence electrons. The first-order valence-electron chi connectivity index (χ1n) is 6.76. The molecule has 1 aromatic rings. The zero-order valence-corrected chi connectivity index (χ0v) is 13.3. The molecule has 0 aromatic heterocycles. The highest BCUT2D eigenvalue weighted by molar-refractivity contribution is 5.93. The van der Waals surface area contributed by atoms with E-state index in [0.717, 1.165) is 30.9 Å². The van der Waals surface area contributed by atoms with Gasteiger partial charge >= 0.3 is 0 Å². The van der Waals surface area contributed by atoms with E-state index in [2.05, 4.69) is 18.7 Å². The Balaban J connectivity index is 0.00000361. The van der Waals surface area contributed by atoms with Crippen LogP contribution in [0.5, 0.6) is 5.75 Å². The molecular formula is C16H24ClNO2. The summed E-state index contributed by atoms with van der Waals surface area (Å²) in [7, 11) is 1.64. The largest absolute Gasteiger partial charge is 0.497 e. The topological polar surface area (TPSA) is 29.5 Å². The fraction of sp³-hybridized carbons (Fsp3) is 0.438. The fourth-order valence-electron chi connectivity index (χ4n) is 1.80. The van der Waals surface area contributed by atoms with E-state index in [-0.39, 0.29) is 18.2 Å². The summed E-state index contributed by atoms with van der Waals surface area (Å²) < 4.78 is 5.09. The van der Waals surface area contributed by atoms with Crippen molar-refractivity contribution < 1.29 is 9.53 Å². The summed E-state index contributed by atoms with van der Waals surface area (Å²) in [6.07, 6.45) is 4.09. The number of ketones is 1. The SMILES string of the molecule is CCN(CC)CCC(=O)/C=C/c1ccc(OC)cc1.Cl. The van der Waals surface area contributed by atoms with Crippen LogP contribution >= 0.6 is 12.4 Å². The van der Waals surface area contributed by atoms with Crippen molar-refractivity contribution in [2.45, 2.75) is 20.3 Å². The number of carbonyl (C=O) groups is 1. The third-order valence-corrected chi connectivity index (χ3v) is 3.15. The Morgan fingerprint density at radius 1 is 1.20 bits per heavy atom. The number of hydrogen-bond acceptors (Lipinski definition) is 3. The first kappa shape index (κ1) is 18.7. The molecule has 0 radical (unpaired) electrons. The van der Waals surface area contributed by atoms with Crippen molar-refractivity contribution in [3.05, 3.63) is 35.9 Å². The van der Waals surface area contributed by atoms with Crippen molar-refractivity contribution in [3.63, 3.8) is 0 Å². The summed E-state index contributed by atoms with van der Waals surface area (Å²) in [6.45, 7) is 7.04. The molecule has 0 unspecified atom stereocenters. The van der Waals surface area contributed by atoms with Gasteiger partial charge in [0.15, 0.2) is 5.78 Å². The summed E-state index contributed by atoms with van der Waals surface area (Å²) in [5.41, 5.74) is 1.01. The van der Waals surface area contributed by atoms with Gasteiger partial charge in [-0.3, -0.25) is 4.79 Å². The van der Waals surface area contributed by atoms with Crippen LogP contribution in [-0.4, -0.2) is 37.4 Å². The Labute approximate surface area is 128 Å². The summed E-state index contributed by atoms with van der Waals surface area (Å²) >= 11 is 0. The minimum Gasteiger partial charge on any atom is -0.497 e. The van der Waals surface area contributed by atoms with Crippen LogP contribution in [0, 0.1) is 0 Å². The second-order valence-electron chi connectivity index (χ2n) is 4.35. The van der Waals surface area contributed by atoms with E-state index in [0.29, 0.717) is 6.42 Å². The lowest BCUT2D eigenvalue weighted by Crippen LogP contribution is -2.25. The standard InChI is InChI=1S/C16H23NO2.ClH/c1-4-17(5-2)13-12-15(18)9-6-14-7-10-16(19-3)11-8-14;/h6-11H,4-5,12-13H2,1-3H3;1H/b9-6+;. The smallest absolute Gasteiger partial charge is 0.156 e. The molecule has 0 fully saturated rings. The molecule has 1 aromatic carbocycles. The Bertz CT molecular complexity index is 411. The second kappa shape index (κ2) is 10.5. The molecule has 0 amide bonds. The monoisotopic (exact) mass is 297 g/mol. The van der Waals surface area contributed by atoms with Crippen LogP contribution in [0.3, 0.4) is 0 Å². The minimum absolute atomic E-state index is 0. The van der Waals surface area contributed by atoms with Gasteiger partial charge in [-0.05, 0) is 36.9 Å². The Morgan fingerprint density at radius 3 is 2.30 bits per heavy atom. The Morgan fingerprint density at radius 2 is 1.80 bits per heavy atom. The van der Waals surface area contributed by atoms with E-state index in [1.54, 1.807) is 13.2 Å². The van der Waals surface area contributed by atoms with E-state index >= 15 is 0 Å². The van der Waals surface area contributed by atoms with Gasteiger partial charge in [-0.25, -0.2) is 0 Å². The summed E-state index contributed by atoms with van der Waals surface area (Å²) in [6, 6.07) is 7.65. The second-order valence-corrected chi connectivity index (χ2v) is 4.35. The molecule has 1 rings (SSSR count). The van der Waals surface area contributed by atoms with Crippen molar-refractivity contribution in [2.75, 3.05) is 26.7 Å². The lowest BCUT2D eigenvalue weighted by atomic mass is 10.1. The van der Waals surface area contributed by atoms with E-state index in [1.807, 2.05) is 30.3 Å². The minimum atomic E-state index is 0. The van der Waals surface area contributed by atoms with Gasteiger partial charge in [0, 0.05) is 13.0 Å². The summed E-state index contributed by atoms with van der Waals surface area (Å²) in [4.78, 5) is 14.0. The maximum atomic E-state index is 11.7. The van der Waals surface area contributed by atoms with E-state index in [4.69, 9.17) is 4.74 Å². The van der Waals surface area contributed by atoms with E-state index in [1.165, 1.54) is 0 Å². The fourth-order valence-corrected chi connectivity index (χ4v) is 1.80. The van der Waals surface area contributed by atoms with Gasteiger partial charge in [0.2, 0.25) is 0 Å². The van der Waals surface area contributed by atoms with Crippen molar-refractivity contribution in [2.24, 2.45) is 0 Å². The molecule has 0 aliphatic carbocycles. The number of benzene rings is 1.